The molecule has 1 aromatic rings. The molecule has 3 nitrogen and oxygen atoms in total. The van der Waals surface area contributed by atoms with Crippen molar-refractivity contribution in [1.82, 2.24) is 14.7 Å². The fraction of sp³-hybridized carbons (Fsp3) is 0.625. The number of rotatable bonds is 0. The van der Waals surface area contributed by atoms with E-state index < -0.39 is 0 Å². The molecule has 0 aromatic carbocycles. The molecule has 0 aliphatic carbocycles. The van der Waals surface area contributed by atoms with Gasteiger partial charge in [-0.3, -0.25) is 9.58 Å². The van der Waals surface area contributed by atoms with Gasteiger partial charge in [-0.25, -0.2) is 0 Å². The minimum absolute atomic E-state index is 0.972. The second-order valence-corrected chi connectivity index (χ2v) is 3.79. The van der Waals surface area contributed by atoms with Crippen molar-refractivity contribution in [1.29, 1.82) is 0 Å². The smallest absolute Gasteiger partial charge is 0.0730 e. The molecule has 1 aliphatic heterocycles. The zero-order chi connectivity index (χ0) is 8.72. The maximum atomic E-state index is 4.43. The highest BCUT2D eigenvalue weighted by atomic mass is 32.1. The molecule has 66 valence electrons. The van der Waals surface area contributed by atoms with Crippen LogP contribution < -0.4 is 0 Å². The van der Waals surface area contributed by atoms with E-state index in [-0.39, 0.29) is 0 Å². The Morgan fingerprint density at radius 3 is 2.92 bits per heavy atom. The number of nitrogens with zero attached hydrogens (tertiary/aromatic N) is 3. The van der Waals surface area contributed by atoms with Gasteiger partial charge in [-0.1, -0.05) is 0 Å². The van der Waals surface area contributed by atoms with Crippen molar-refractivity contribution in [3.05, 3.63) is 11.4 Å². The fourth-order valence-corrected chi connectivity index (χ4v) is 1.79. The van der Waals surface area contributed by atoms with Crippen molar-refractivity contribution in [2.24, 2.45) is 0 Å². The maximum absolute atomic E-state index is 4.43. The summed E-state index contributed by atoms with van der Waals surface area (Å²) < 4.78 is 2.07. The first-order valence-electron chi connectivity index (χ1n) is 4.12. The van der Waals surface area contributed by atoms with Gasteiger partial charge in [0.15, 0.2) is 0 Å². The van der Waals surface area contributed by atoms with Crippen LogP contribution in [-0.2, 0) is 13.1 Å². The zero-order valence-corrected chi connectivity index (χ0v) is 8.30. The third-order valence-electron chi connectivity index (χ3n) is 2.31. The van der Waals surface area contributed by atoms with Crippen molar-refractivity contribution in [3.63, 3.8) is 0 Å². The fourth-order valence-electron chi connectivity index (χ4n) is 1.56. The quantitative estimate of drug-likeness (QED) is 0.604. The summed E-state index contributed by atoms with van der Waals surface area (Å²) in [7, 11) is 2.12. The molecule has 0 N–H and O–H groups in total. The van der Waals surface area contributed by atoms with Crippen LogP contribution in [0.25, 0.3) is 0 Å². The van der Waals surface area contributed by atoms with Crippen molar-refractivity contribution < 1.29 is 0 Å². The summed E-state index contributed by atoms with van der Waals surface area (Å²) in [5.74, 6) is 0. The molecule has 4 heteroatoms. The van der Waals surface area contributed by atoms with E-state index in [0.717, 1.165) is 30.2 Å². The highest BCUT2D eigenvalue weighted by molar-refractivity contribution is 7.80. The van der Waals surface area contributed by atoms with Gasteiger partial charge in [-0.2, -0.15) is 5.10 Å². The van der Waals surface area contributed by atoms with Crippen molar-refractivity contribution in [3.8, 4) is 0 Å². The number of fused-ring (bicyclic) bond motifs is 1. The molecule has 0 fully saturated rings. The van der Waals surface area contributed by atoms with Crippen LogP contribution in [0.15, 0.2) is 4.90 Å². The van der Waals surface area contributed by atoms with E-state index in [1.165, 1.54) is 5.69 Å². The number of likely N-dealkylation sites (N-methyl/N-ethyl adjacent to an activating group) is 1. The van der Waals surface area contributed by atoms with Crippen LogP contribution in [0, 0.1) is 6.92 Å². The second-order valence-electron chi connectivity index (χ2n) is 3.34. The summed E-state index contributed by atoms with van der Waals surface area (Å²) in [5.41, 5.74) is 2.30. The molecule has 0 amide bonds. The number of aromatic nitrogens is 2. The number of hydrogen-bond acceptors (Lipinski definition) is 3. The predicted octanol–water partition coefficient (Wildman–Crippen LogP) is 0.926. The molecular formula is C8H13N3S. The summed E-state index contributed by atoms with van der Waals surface area (Å²) in [6.07, 6.45) is 0. The minimum atomic E-state index is 0.972. The van der Waals surface area contributed by atoms with Crippen LogP contribution in [0.4, 0.5) is 0 Å². The monoisotopic (exact) mass is 183 g/mol. The van der Waals surface area contributed by atoms with Gasteiger partial charge in [-0.05, 0) is 14.0 Å². The molecule has 0 saturated carbocycles. The predicted molar refractivity (Wildman–Crippen MR) is 50.6 cm³/mol. The topological polar surface area (TPSA) is 21.1 Å². The van der Waals surface area contributed by atoms with Crippen LogP contribution in [0.2, 0.25) is 0 Å². The van der Waals surface area contributed by atoms with E-state index in [1.807, 2.05) is 6.92 Å². The first-order valence-corrected chi connectivity index (χ1v) is 4.57. The molecule has 2 heterocycles. The zero-order valence-electron chi connectivity index (χ0n) is 7.41. The Morgan fingerprint density at radius 1 is 1.42 bits per heavy atom. The first-order chi connectivity index (χ1) is 5.68. The van der Waals surface area contributed by atoms with Crippen LogP contribution in [0.5, 0.6) is 0 Å². The highest BCUT2D eigenvalue weighted by Crippen LogP contribution is 2.21. The Balaban J connectivity index is 2.44. The van der Waals surface area contributed by atoms with Gasteiger partial charge in [0.2, 0.25) is 0 Å². The summed E-state index contributed by atoms with van der Waals surface area (Å²) in [4.78, 5) is 3.34. The van der Waals surface area contributed by atoms with E-state index in [0.29, 0.717) is 0 Å². The molecule has 0 bridgehead atoms. The number of aryl methyl sites for hydroxylation is 1. The highest BCUT2D eigenvalue weighted by Gasteiger charge is 2.18. The Morgan fingerprint density at radius 2 is 2.17 bits per heavy atom. The lowest BCUT2D eigenvalue weighted by Gasteiger charge is -2.23. The number of thiol groups is 1. The van der Waals surface area contributed by atoms with E-state index in [9.17, 15) is 0 Å². The standard InChI is InChI=1S/C8H13N3S/c1-6-8(12)7-5-10(2)3-4-11(7)9-6/h12H,3-5H2,1-2H3. The lowest BCUT2D eigenvalue weighted by molar-refractivity contribution is 0.256. The average Bonchev–Trinajstić information content (AvgIpc) is 2.31. The lowest BCUT2D eigenvalue weighted by Crippen LogP contribution is -2.30. The summed E-state index contributed by atoms with van der Waals surface area (Å²) >= 11 is 4.43. The van der Waals surface area contributed by atoms with E-state index in [1.54, 1.807) is 0 Å². The molecule has 12 heavy (non-hydrogen) atoms. The largest absolute Gasteiger partial charge is 0.299 e. The Labute approximate surface area is 77.8 Å². The normalized spacial score (nSPS) is 17.9. The second kappa shape index (κ2) is 2.78. The average molecular weight is 183 g/mol. The molecular weight excluding hydrogens is 170 g/mol. The molecule has 0 spiro atoms. The van der Waals surface area contributed by atoms with Gasteiger partial charge >= 0.3 is 0 Å². The SMILES string of the molecule is Cc1nn2c(c1S)CN(C)CC2. The third kappa shape index (κ3) is 1.15. The molecule has 0 atom stereocenters. The van der Waals surface area contributed by atoms with Crippen molar-refractivity contribution in [2.75, 3.05) is 13.6 Å². The first kappa shape index (κ1) is 8.13. The lowest BCUT2D eigenvalue weighted by atomic mass is 10.3. The minimum Gasteiger partial charge on any atom is -0.299 e. The van der Waals surface area contributed by atoms with Crippen molar-refractivity contribution >= 4 is 12.6 Å². The molecule has 0 unspecified atom stereocenters. The Hall–Kier alpha value is -0.480. The van der Waals surface area contributed by atoms with Gasteiger partial charge in [0.25, 0.3) is 0 Å². The summed E-state index contributed by atoms with van der Waals surface area (Å²) in [5, 5.41) is 4.40. The van der Waals surface area contributed by atoms with E-state index >= 15 is 0 Å². The van der Waals surface area contributed by atoms with Crippen LogP contribution in [0.3, 0.4) is 0 Å². The third-order valence-corrected chi connectivity index (χ3v) is 2.89. The van der Waals surface area contributed by atoms with E-state index in [2.05, 4.69) is 34.4 Å². The van der Waals surface area contributed by atoms with Crippen LogP contribution in [-0.4, -0.2) is 28.3 Å². The Bertz CT molecular complexity index is 305. The van der Waals surface area contributed by atoms with Gasteiger partial charge in [0.05, 0.1) is 17.9 Å². The van der Waals surface area contributed by atoms with Gasteiger partial charge in [0, 0.05) is 18.0 Å². The molecule has 1 aromatic heterocycles. The maximum Gasteiger partial charge on any atom is 0.0730 e. The molecule has 1 aliphatic rings. The molecule has 2 rings (SSSR count). The Kier molecular flexibility index (Phi) is 1.88. The van der Waals surface area contributed by atoms with Gasteiger partial charge in [0.1, 0.15) is 0 Å². The van der Waals surface area contributed by atoms with Crippen LogP contribution in [0.1, 0.15) is 11.4 Å². The molecule has 0 radical (unpaired) electrons. The van der Waals surface area contributed by atoms with Gasteiger partial charge < -0.3 is 0 Å². The molecule has 0 saturated heterocycles. The number of hydrogen-bond donors (Lipinski definition) is 1. The van der Waals surface area contributed by atoms with Gasteiger partial charge in [-0.15, -0.1) is 12.6 Å². The summed E-state index contributed by atoms with van der Waals surface area (Å²) in [6, 6.07) is 0. The van der Waals surface area contributed by atoms with Crippen molar-refractivity contribution in [2.45, 2.75) is 24.9 Å². The summed E-state index contributed by atoms with van der Waals surface area (Å²) in [6.45, 7) is 5.06. The van der Waals surface area contributed by atoms with Crippen LogP contribution >= 0.6 is 12.6 Å². The van der Waals surface area contributed by atoms with E-state index in [4.69, 9.17) is 0 Å².